The Morgan fingerprint density at radius 3 is 1.98 bits per heavy atom. The summed E-state index contributed by atoms with van der Waals surface area (Å²) in [7, 11) is -18.8. The topological polar surface area (TPSA) is 493 Å². The van der Waals surface area contributed by atoms with Crippen molar-refractivity contribution in [2.75, 3.05) is 109 Å². The molecule has 44 heteroatoms. The van der Waals surface area contributed by atoms with Crippen LogP contribution in [0.4, 0.5) is 20.2 Å². The fourth-order valence-electron chi connectivity index (χ4n) is 16.9. The van der Waals surface area contributed by atoms with Crippen molar-refractivity contribution in [2.24, 2.45) is 5.92 Å². The van der Waals surface area contributed by atoms with Gasteiger partial charge >= 0.3 is 88.7 Å². The Kier molecular flexibility index (Phi) is 39.8. The molecule has 6 heterocycles. The minimum absolute atomic E-state index is 0. The molecule has 2 saturated heterocycles. The number of benzene rings is 5. The molecule has 1 aliphatic carbocycles. The van der Waals surface area contributed by atoms with Crippen molar-refractivity contribution < 1.29 is 206 Å². The van der Waals surface area contributed by atoms with Gasteiger partial charge in [0, 0.05) is 134 Å². The Labute approximate surface area is 844 Å². The molecule has 6 aromatic rings. The second kappa shape index (κ2) is 48.6. The maximum Gasteiger partial charge on any atom is 1.00 e. The number of unbranched alkanes of at least 4 members (excludes halogenated alkanes) is 2. The number of amides is 6. The van der Waals surface area contributed by atoms with Crippen LogP contribution in [-0.2, 0) is 120 Å². The second-order valence-corrected chi connectivity index (χ2v) is 39.7. The number of nitriles is 1. The quantitative estimate of drug-likeness (QED) is 0.0140. The predicted octanol–water partition coefficient (Wildman–Crippen LogP) is -1.93. The number of ether oxygens (including phenoxy) is 5. The normalized spacial score (nSPS) is 18.4. The number of hydrogen-bond acceptors (Lipinski definition) is 27. The van der Waals surface area contributed by atoms with Crippen LogP contribution in [0.3, 0.4) is 0 Å². The van der Waals surface area contributed by atoms with Gasteiger partial charge in [-0.1, -0.05) is 67.6 Å². The molecule has 4 N–H and O–H groups in total. The van der Waals surface area contributed by atoms with E-state index in [0.717, 1.165) is 38.3 Å². The summed E-state index contributed by atoms with van der Waals surface area (Å²) in [6.07, 6.45) is 11.2. The number of aromatic nitrogens is 3. The van der Waals surface area contributed by atoms with E-state index in [1.54, 1.807) is 58.2 Å². The van der Waals surface area contributed by atoms with Crippen molar-refractivity contribution in [1.82, 2.24) is 46.1 Å². The first-order valence-electron chi connectivity index (χ1n) is 43.1. The van der Waals surface area contributed by atoms with E-state index in [9.17, 15) is 94.7 Å². The van der Waals surface area contributed by atoms with E-state index in [2.05, 4.69) is 31.6 Å². The van der Waals surface area contributed by atoms with Crippen LogP contribution >= 0.6 is 0 Å². The van der Waals surface area contributed by atoms with Gasteiger partial charge in [0.1, 0.15) is 56.1 Å². The third-order valence-electron chi connectivity index (χ3n) is 23.8. The first-order chi connectivity index (χ1) is 62.1. The van der Waals surface area contributed by atoms with E-state index >= 15 is 0 Å². The molecular weight excluding hydrogens is 1850 g/mol. The Balaban J connectivity index is 0.00000672. The number of carbonyl (C=O) groups is 6. The third kappa shape index (κ3) is 29.8. The van der Waals surface area contributed by atoms with Gasteiger partial charge in [-0.3, -0.25) is 28.8 Å². The van der Waals surface area contributed by atoms with Crippen LogP contribution in [0.15, 0.2) is 166 Å². The minimum Gasteiger partial charge on any atom is -0.748 e. The Bertz CT molecular complexity index is 5980. The van der Waals surface area contributed by atoms with Crippen LogP contribution in [0.1, 0.15) is 148 Å². The fraction of sp³-hybridized carbons (Fsp3) is 0.467. The maximum absolute atomic E-state index is 14.1. The molecule has 3 atom stereocenters. The molecule has 0 unspecified atom stereocenters. The van der Waals surface area contributed by atoms with E-state index in [1.807, 2.05) is 91.8 Å². The van der Waals surface area contributed by atoms with Gasteiger partial charge in [0.25, 0.3) is 11.8 Å². The summed E-state index contributed by atoms with van der Waals surface area (Å²) < 4.78 is 205. The van der Waals surface area contributed by atoms with Gasteiger partial charge in [0.2, 0.25) is 35.2 Å². The van der Waals surface area contributed by atoms with Crippen molar-refractivity contribution in [1.29, 1.82) is 5.26 Å². The molecule has 0 saturated carbocycles. The minimum atomic E-state index is -4.87. The van der Waals surface area contributed by atoms with Gasteiger partial charge in [-0.2, -0.15) is 9.84 Å². The summed E-state index contributed by atoms with van der Waals surface area (Å²) in [5.74, 6) is -6.72. The van der Waals surface area contributed by atoms with Crippen LogP contribution in [-0.4, -0.2) is 244 Å². The second-order valence-electron chi connectivity index (χ2n) is 33.9. The summed E-state index contributed by atoms with van der Waals surface area (Å²) in [4.78, 5) is 81.6. The number of rotatable bonds is 45. The van der Waals surface area contributed by atoms with Crippen molar-refractivity contribution in [2.45, 2.75) is 169 Å². The summed E-state index contributed by atoms with van der Waals surface area (Å²) in [5.41, 5.74) is 8.42. The van der Waals surface area contributed by atoms with Gasteiger partial charge in [-0.25, -0.2) is 47.1 Å². The van der Waals surface area contributed by atoms with E-state index in [-0.39, 0.29) is 249 Å². The fourth-order valence-corrected chi connectivity index (χ4v) is 19.0. The number of nitrogens with one attached hydrogen (secondary N) is 4. The van der Waals surface area contributed by atoms with Gasteiger partial charge in [-0.05, 0) is 171 Å². The summed E-state index contributed by atoms with van der Waals surface area (Å²) in [6, 6.07) is 27.2. The molecule has 0 bridgehead atoms. The molecule has 0 spiro atoms. The van der Waals surface area contributed by atoms with E-state index < -0.39 is 121 Å². The standard InChI is InChI=1S/C90H108F2N12O23S4.3Na/c1-88(2)73-51-70(130(117,118)119)26-28-77(73)102(37-5-7-47-128(111,112)113)79(88)30-22-62-11-9-12-63(23-31-80-89(3,4)74-52-71(131(120,121)122)27-29-78(74)103(80)38-6-8-48-129(114,115)116)84(62)127-69-24-15-60(16-25-69)17-32-81(105)95-36-40-124-42-44-126-46-45-125-43-41-123-39-33-82(106)94-34-35-96-85(108)64-20-18-61(19-21-64)76-58-101(99-98-76)56-66-14-10-13-65-55-100(57-72(65)66)83(107)50-67-49-75(97-86(67)109)87(110)104-59-90(91,92)53-68(104)54-93;;;/h10,13-16,18-31,51-52,58,67-68,75H,5-9,11-12,17,32-50,53,55-57,59H2,1-4H3,(H7-,94,95,96,97,105,106,108,109,111,112,113,114,115,116,117,118,119,120,121,122);;;/q;3*+1/p-3/t67-,68-,75-;;;/m0.../s1. The molecule has 35 nitrogen and oxygen atoms in total. The number of anilines is 1. The molecule has 1 aromatic heterocycles. The van der Waals surface area contributed by atoms with Crippen LogP contribution < -0.4 is 120 Å². The number of hydrogen-bond donors (Lipinski definition) is 4. The van der Waals surface area contributed by atoms with Crippen LogP contribution in [0, 0.1) is 17.2 Å². The molecule has 704 valence electrons. The number of nitrogens with zero attached hydrogens (tertiary/aromatic N) is 8. The average molecular weight is 1960 g/mol. The van der Waals surface area contributed by atoms with Gasteiger partial charge in [-0.15, -0.1) is 5.10 Å². The molecule has 5 aromatic carbocycles. The smallest absolute Gasteiger partial charge is 0.748 e. The van der Waals surface area contributed by atoms with Gasteiger partial charge < -0.3 is 77.9 Å². The maximum atomic E-state index is 14.1. The molecule has 0 radical (unpaired) electrons. The largest absolute Gasteiger partial charge is 1.00 e. The Hall–Kier alpha value is -7.88. The van der Waals surface area contributed by atoms with Crippen LogP contribution in [0.5, 0.6) is 5.75 Å². The Morgan fingerprint density at radius 1 is 0.687 bits per heavy atom. The molecule has 134 heavy (non-hydrogen) atoms. The number of carbonyl (C=O) groups excluding carboxylic acids is 6. The van der Waals surface area contributed by atoms with E-state index in [0.29, 0.717) is 108 Å². The summed E-state index contributed by atoms with van der Waals surface area (Å²) in [5, 5.41) is 29.0. The first-order valence-corrected chi connectivity index (χ1v) is 49.1. The zero-order chi connectivity index (χ0) is 94.2. The molecule has 6 amide bonds. The van der Waals surface area contributed by atoms with E-state index in [1.165, 1.54) is 36.4 Å². The molecule has 12 rings (SSSR count). The number of halogens is 2. The zero-order valence-electron chi connectivity index (χ0n) is 75.9. The Morgan fingerprint density at radius 2 is 1.31 bits per heavy atom. The zero-order valence-corrected chi connectivity index (χ0v) is 85.2. The number of allylic oxidation sites excluding steroid dienone is 7. The number of fused-ring (bicyclic) bond motifs is 3. The monoisotopic (exact) mass is 1960 g/mol. The third-order valence-corrected chi connectivity index (χ3v) is 27.0. The van der Waals surface area contributed by atoms with E-state index in [4.69, 9.17) is 23.7 Å². The van der Waals surface area contributed by atoms with Crippen molar-refractivity contribution >= 4 is 93.0 Å². The molecule has 6 aliphatic rings. The molecular formula is C90H105F2N12Na3O23S4. The summed E-state index contributed by atoms with van der Waals surface area (Å²) >= 11 is 0. The predicted molar refractivity (Wildman–Crippen MR) is 468 cm³/mol. The SMILES string of the molecule is CC1(C)C(/C=C/C2=C(Oc3ccc(CCC(=O)NCCOCCOCCOCCOCCC(=O)NCCNC(=O)c4ccc(-c5cn(Cc6cccc7c6CN(C(=O)C[C@@H]6C[C@@H](C(=O)N8CC(F)(F)C[C@H]8C#N)NC6=O)C7)nn5)cc4)cc3)C(=C/C=C3/N(CCCCS(=O)(=O)[O-])c4ccc(S(=O)(=O)[O-])cc4C3(C)C)/CCC2)=[N+](CCCCS(=O)(=O)[O-])c2ccc(S(=O)(=O)[O-])cc21.[Na+].[Na+].[Na+]. The van der Waals surface area contributed by atoms with Crippen molar-refractivity contribution in [3.8, 4) is 23.1 Å². The number of likely N-dealkylation sites (tertiary alicyclic amines) is 1. The van der Waals surface area contributed by atoms with Crippen molar-refractivity contribution in [3.05, 3.63) is 195 Å². The molecule has 2 fully saturated rings. The van der Waals surface area contributed by atoms with Crippen LogP contribution in [0.2, 0.25) is 0 Å². The van der Waals surface area contributed by atoms with Crippen molar-refractivity contribution in [3.63, 3.8) is 0 Å². The van der Waals surface area contributed by atoms with Gasteiger partial charge in [0.15, 0.2) is 5.71 Å². The van der Waals surface area contributed by atoms with Crippen LogP contribution in [0.25, 0.3) is 11.3 Å². The first kappa shape index (κ1) is 110. The number of aryl methyl sites for hydroxylation is 1. The average Bonchev–Trinajstić information content (AvgIpc) is 1.58. The molecule has 5 aliphatic heterocycles. The summed E-state index contributed by atoms with van der Waals surface area (Å²) in [6.45, 7) is 10.6. The number of alkyl halides is 2. The van der Waals surface area contributed by atoms with Gasteiger partial charge in [0.05, 0.1) is 114 Å².